The summed E-state index contributed by atoms with van der Waals surface area (Å²) >= 11 is 0. The third-order valence-electron chi connectivity index (χ3n) is 6.82. The Labute approximate surface area is 237 Å². The van der Waals surface area contributed by atoms with Crippen molar-refractivity contribution in [3.05, 3.63) is 108 Å². The zero-order chi connectivity index (χ0) is 29.4. The highest BCUT2D eigenvalue weighted by molar-refractivity contribution is 5.83. The normalized spacial score (nSPS) is 12.0. The Morgan fingerprint density at radius 3 is 2.55 bits per heavy atom. The number of rotatable bonds is 7. The average molecular weight is 569 g/mol. The van der Waals surface area contributed by atoms with E-state index in [9.17, 15) is 18.3 Å². The van der Waals surface area contributed by atoms with Crippen LogP contribution in [0.2, 0.25) is 0 Å². The Morgan fingerprint density at radius 2 is 1.74 bits per heavy atom. The molecule has 4 N–H and O–H groups in total. The summed E-state index contributed by atoms with van der Waals surface area (Å²) < 4.78 is 43.8. The Bertz CT molecular complexity index is 1940. The van der Waals surface area contributed by atoms with Crippen molar-refractivity contribution < 1.29 is 18.3 Å². The average Bonchev–Trinajstić information content (AvgIpc) is 3.43. The first-order valence-corrected chi connectivity index (χ1v) is 12.9. The Balaban J connectivity index is 1.45. The molecule has 12 heteroatoms. The van der Waals surface area contributed by atoms with Crippen LogP contribution in [0.5, 0.6) is 0 Å². The van der Waals surface area contributed by atoms with Crippen molar-refractivity contribution in [2.24, 2.45) is 0 Å². The van der Waals surface area contributed by atoms with Gasteiger partial charge in [0.15, 0.2) is 17.5 Å². The lowest BCUT2D eigenvalue weighted by Crippen LogP contribution is -2.14. The topological polar surface area (TPSA) is 128 Å². The van der Waals surface area contributed by atoms with E-state index in [1.807, 2.05) is 30.3 Å². The molecule has 0 saturated heterocycles. The number of halogens is 3. The van der Waals surface area contributed by atoms with Crippen molar-refractivity contribution in [1.29, 1.82) is 0 Å². The van der Waals surface area contributed by atoms with Crippen LogP contribution < -0.4 is 11.1 Å². The van der Waals surface area contributed by atoms with E-state index >= 15 is 0 Å². The van der Waals surface area contributed by atoms with Gasteiger partial charge in [0, 0.05) is 29.0 Å². The maximum Gasteiger partial charge on any atom is 0.225 e. The number of nitrogen functional groups attached to an aromatic ring is 1. The first-order chi connectivity index (χ1) is 20.3. The van der Waals surface area contributed by atoms with Gasteiger partial charge in [0.1, 0.15) is 12.1 Å². The van der Waals surface area contributed by atoms with E-state index in [0.717, 1.165) is 17.1 Å². The SMILES string of the molecule is CC(Nc1nc(-c2ccccc2CO)cc(-n2cnc3cc(-c4ccnc(N)n4)ccc32)n1)c1ccc(F)c(F)c1F. The van der Waals surface area contributed by atoms with Crippen molar-refractivity contribution in [3.63, 3.8) is 0 Å². The maximum absolute atomic E-state index is 14.6. The summed E-state index contributed by atoms with van der Waals surface area (Å²) in [5.41, 5.74) is 10.3. The molecular weight excluding hydrogens is 545 g/mol. The number of nitrogens with one attached hydrogen (secondary N) is 1. The molecule has 0 bridgehead atoms. The van der Waals surface area contributed by atoms with Gasteiger partial charge in [0.2, 0.25) is 11.9 Å². The predicted octanol–water partition coefficient (Wildman–Crippen LogP) is 5.60. The third kappa shape index (κ3) is 4.99. The molecule has 210 valence electrons. The van der Waals surface area contributed by atoms with E-state index in [1.54, 1.807) is 48.3 Å². The van der Waals surface area contributed by atoms with Gasteiger partial charge in [-0.15, -0.1) is 0 Å². The van der Waals surface area contributed by atoms with Gasteiger partial charge in [0.05, 0.1) is 35.1 Å². The van der Waals surface area contributed by atoms with Gasteiger partial charge in [-0.05, 0) is 36.8 Å². The Morgan fingerprint density at radius 1 is 0.905 bits per heavy atom. The molecule has 42 heavy (non-hydrogen) atoms. The van der Waals surface area contributed by atoms with Crippen LogP contribution in [-0.2, 0) is 6.61 Å². The summed E-state index contributed by atoms with van der Waals surface area (Å²) in [6, 6.07) is 17.5. The fourth-order valence-corrected chi connectivity index (χ4v) is 4.70. The van der Waals surface area contributed by atoms with E-state index in [-0.39, 0.29) is 24.1 Å². The lowest BCUT2D eigenvalue weighted by atomic mass is 10.0. The minimum Gasteiger partial charge on any atom is -0.392 e. The molecule has 9 nitrogen and oxygen atoms in total. The zero-order valence-corrected chi connectivity index (χ0v) is 22.1. The van der Waals surface area contributed by atoms with Gasteiger partial charge in [-0.3, -0.25) is 4.57 Å². The number of fused-ring (bicyclic) bond motifs is 1. The number of aliphatic hydroxyl groups is 1. The number of hydrogen-bond donors (Lipinski definition) is 3. The summed E-state index contributed by atoms with van der Waals surface area (Å²) in [5.74, 6) is -3.44. The van der Waals surface area contributed by atoms with E-state index in [0.29, 0.717) is 33.8 Å². The molecule has 3 heterocycles. The molecule has 6 aromatic rings. The summed E-state index contributed by atoms with van der Waals surface area (Å²) in [7, 11) is 0. The highest BCUT2D eigenvalue weighted by atomic mass is 19.2. The van der Waals surface area contributed by atoms with Crippen molar-refractivity contribution in [3.8, 4) is 28.3 Å². The quantitative estimate of drug-likeness (QED) is 0.212. The number of anilines is 2. The molecule has 0 aliphatic heterocycles. The highest BCUT2D eigenvalue weighted by Crippen LogP contribution is 2.30. The smallest absolute Gasteiger partial charge is 0.225 e. The van der Waals surface area contributed by atoms with Crippen LogP contribution in [-0.4, -0.2) is 34.6 Å². The second-order valence-corrected chi connectivity index (χ2v) is 9.50. The van der Waals surface area contributed by atoms with Crippen LogP contribution in [0.1, 0.15) is 24.1 Å². The molecule has 1 unspecified atom stereocenters. The predicted molar refractivity (Wildman–Crippen MR) is 152 cm³/mol. The van der Waals surface area contributed by atoms with Crippen molar-refractivity contribution in [1.82, 2.24) is 29.5 Å². The van der Waals surface area contributed by atoms with Crippen molar-refractivity contribution in [2.75, 3.05) is 11.1 Å². The minimum atomic E-state index is -1.55. The van der Waals surface area contributed by atoms with Gasteiger partial charge in [0.25, 0.3) is 0 Å². The molecule has 0 fully saturated rings. The van der Waals surface area contributed by atoms with Crippen molar-refractivity contribution >= 4 is 22.9 Å². The summed E-state index contributed by atoms with van der Waals surface area (Å²) in [6.45, 7) is 1.36. The standard InChI is InChI=1S/C30H23F3N8O/c1-16(19-7-8-21(31)28(33)27(19)32)37-30-39-23(20-5-3-2-4-18(20)14-42)13-26(40-30)41-15-36-24-12-17(6-9-25(24)41)22-10-11-35-29(34)38-22/h2-13,15-16,42H,14H2,1H3,(H2,34,35,38)(H,37,39,40). The fourth-order valence-electron chi connectivity index (χ4n) is 4.70. The summed E-state index contributed by atoms with van der Waals surface area (Å²) in [5, 5.41) is 13.0. The Hall–Kier alpha value is -5.36. The first kappa shape index (κ1) is 26.8. The van der Waals surface area contributed by atoms with Gasteiger partial charge < -0.3 is 16.2 Å². The van der Waals surface area contributed by atoms with Crippen LogP contribution in [0.4, 0.5) is 25.1 Å². The number of nitrogens with zero attached hydrogens (tertiary/aromatic N) is 6. The maximum atomic E-state index is 14.6. The molecular formula is C30H23F3N8O. The fraction of sp³-hybridized carbons (Fsp3) is 0.100. The number of hydrogen-bond acceptors (Lipinski definition) is 8. The number of aromatic nitrogens is 6. The van der Waals surface area contributed by atoms with E-state index in [2.05, 4.69) is 30.2 Å². The van der Waals surface area contributed by atoms with Gasteiger partial charge in [-0.25, -0.2) is 33.1 Å². The summed E-state index contributed by atoms with van der Waals surface area (Å²) in [4.78, 5) is 22.0. The molecule has 3 aromatic heterocycles. The zero-order valence-electron chi connectivity index (χ0n) is 22.1. The summed E-state index contributed by atoms with van der Waals surface area (Å²) in [6.07, 6.45) is 3.18. The molecule has 0 radical (unpaired) electrons. The number of benzene rings is 3. The molecule has 0 aliphatic rings. The highest BCUT2D eigenvalue weighted by Gasteiger charge is 2.20. The number of nitrogens with two attached hydrogens (primary N) is 1. The Kier molecular flexibility index (Phi) is 6.97. The third-order valence-corrected chi connectivity index (χ3v) is 6.82. The lowest BCUT2D eigenvalue weighted by molar-refractivity contribution is 0.282. The monoisotopic (exact) mass is 568 g/mol. The van der Waals surface area contributed by atoms with Gasteiger partial charge >= 0.3 is 0 Å². The van der Waals surface area contributed by atoms with Gasteiger partial charge in [-0.2, -0.15) is 4.98 Å². The van der Waals surface area contributed by atoms with Crippen molar-refractivity contribution in [2.45, 2.75) is 19.6 Å². The molecule has 6 rings (SSSR count). The van der Waals surface area contributed by atoms with E-state index in [4.69, 9.17) is 5.73 Å². The molecule has 0 aliphatic carbocycles. The van der Waals surface area contributed by atoms with Crippen LogP contribution >= 0.6 is 0 Å². The first-order valence-electron chi connectivity index (χ1n) is 12.9. The largest absolute Gasteiger partial charge is 0.392 e. The van der Waals surface area contributed by atoms with Crippen LogP contribution in [0, 0.1) is 17.5 Å². The second kappa shape index (κ2) is 10.9. The number of aliphatic hydroxyl groups excluding tert-OH is 1. The minimum absolute atomic E-state index is 0.0915. The molecule has 0 amide bonds. The molecule has 0 saturated carbocycles. The second-order valence-electron chi connectivity index (χ2n) is 9.50. The van der Waals surface area contributed by atoms with Gasteiger partial charge in [-0.1, -0.05) is 36.4 Å². The van der Waals surface area contributed by atoms with Crippen LogP contribution in [0.15, 0.2) is 79.3 Å². The molecule has 3 aromatic carbocycles. The lowest BCUT2D eigenvalue weighted by Gasteiger charge is -2.18. The molecule has 0 spiro atoms. The van der Waals surface area contributed by atoms with Crippen LogP contribution in [0.25, 0.3) is 39.4 Å². The number of imidazole rings is 1. The molecule has 1 atom stereocenters. The van der Waals surface area contributed by atoms with Crippen LogP contribution in [0.3, 0.4) is 0 Å². The van der Waals surface area contributed by atoms with E-state index in [1.165, 1.54) is 6.07 Å². The van der Waals surface area contributed by atoms with E-state index < -0.39 is 23.5 Å².